The molecule has 12 heteroatoms. The molecule has 0 aliphatic carbocycles. The summed E-state index contributed by atoms with van der Waals surface area (Å²) in [5, 5.41) is 0. The van der Waals surface area contributed by atoms with E-state index in [0.29, 0.717) is 0 Å². The highest BCUT2D eigenvalue weighted by atomic mass is 14.4. The van der Waals surface area contributed by atoms with E-state index in [0.717, 1.165) is 0 Å². The van der Waals surface area contributed by atoms with Crippen molar-refractivity contribution in [2.45, 2.75) is 249 Å². The fourth-order valence-electron chi connectivity index (χ4n) is 0. The van der Waals surface area contributed by atoms with Crippen molar-refractivity contribution in [2.75, 3.05) is 42.3 Å². The second-order valence-electron chi connectivity index (χ2n) is 0. The van der Waals surface area contributed by atoms with Crippen molar-refractivity contribution in [1.29, 1.82) is 0 Å². The van der Waals surface area contributed by atoms with Gasteiger partial charge in [0.1, 0.15) is 0 Å². The molecule has 0 unspecified atom stereocenters. The van der Waals surface area contributed by atoms with Crippen molar-refractivity contribution in [3.63, 3.8) is 0 Å². The van der Waals surface area contributed by atoms with Crippen LogP contribution in [0.25, 0.3) is 0 Å². The average molecular weight is 830 g/mol. The summed E-state index contributed by atoms with van der Waals surface area (Å²) < 4.78 is 0. The van der Waals surface area contributed by atoms with Crippen molar-refractivity contribution < 1.29 is 0 Å². The highest BCUT2D eigenvalue weighted by Crippen LogP contribution is 1.18. The molecule has 0 rings (SSSR count). The van der Waals surface area contributed by atoms with Gasteiger partial charge in [-0.1, -0.05) is 249 Å². The molecule has 0 fully saturated rings. The van der Waals surface area contributed by atoms with Crippen molar-refractivity contribution in [1.82, 2.24) is 36.9 Å². The van der Waals surface area contributed by atoms with E-state index in [-0.39, 0.29) is 36.9 Å². The van der Waals surface area contributed by atoms with Gasteiger partial charge in [0.25, 0.3) is 0 Å². The average Bonchev–Trinajstić information content (AvgIpc) is 3.34. The largest absolute Gasteiger partial charge is 0.344 e. The Kier molecular flexibility index (Phi) is 2990000. The molecule has 0 aromatic heterocycles. The third-order valence-electron chi connectivity index (χ3n) is 0. The molecular weight excluding hydrogens is 673 g/mol. The fraction of sp³-hybridized carbons (Fsp3) is 1.00. The molecule has 30 N–H and O–H groups in total. The summed E-state index contributed by atoms with van der Waals surface area (Å²) in [4.78, 5) is 0. The summed E-state index contributed by atoms with van der Waals surface area (Å²) in [6, 6.07) is 0. The van der Waals surface area contributed by atoms with Crippen LogP contribution in [0.2, 0.25) is 0 Å². The van der Waals surface area contributed by atoms with E-state index in [9.17, 15) is 0 Å². The number of hydrogen-bond acceptors (Lipinski definition) is 12. The molecule has 12 nitrogen and oxygen atoms in total. The summed E-state index contributed by atoms with van der Waals surface area (Å²) in [6.07, 6.45) is 0. The molecule has 0 saturated heterocycles. The first-order valence-corrected chi connectivity index (χ1v) is 21.5. The zero-order valence-corrected chi connectivity index (χ0v) is 49.7. The predicted molar refractivity (Wildman–Crippen MR) is 295 cm³/mol. The first-order valence-electron chi connectivity index (χ1n) is 21.5. The third kappa shape index (κ3) is 571000. The van der Waals surface area contributed by atoms with E-state index in [1.54, 1.807) is 0 Å². The second-order valence-corrected chi connectivity index (χ2v) is 0. The zero-order chi connectivity index (χ0) is 48.0. The highest BCUT2D eigenvalue weighted by molar-refractivity contribution is 3.56. The van der Waals surface area contributed by atoms with E-state index in [4.69, 9.17) is 0 Å². The molecule has 0 aliphatic rings. The van der Waals surface area contributed by atoms with Gasteiger partial charge in [-0.15, -0.1) is 0 Å². The van der Waals surface area contributed by atoms with Crippen LogP contribution in [0.15, 0.2) is 0 Å². The van der Waals surface area contributed by atoms with Crippen LogP contribution >= 0.6 is 0 Å². The van der Waals surface area contributed by atoms with Gasteiger partial charge in [-0.25, -0.2) is 0 Å². The number of hydrogen-bond donors (Lipinski definition) is 12. The van der Waals surface area contributed by atoms with Crippen LogP contribution in [-0.2, 0) is 0 Å². The van der Waals surface area contributed by atoms with Crippen LogP contribution in [0, 0.1) is 0 Å². The van der Waals surface area contributed by atoms with Gasteiger partial charge in [0.2, 0.25) is 0 Å². The second kappa shape index (κ2) is 605000. The minimum Gasteiger partial charge on any atom is -0.344 e. The van der Waals surface area contributed by atoms with Crippen LogP contribution in [0.3, 0.4) is 0 Å². The fourth-order valence-corrected chi connectivity index (χ4v) is 0. The van der Waals surface area contributed by atoms with Gasteiger partial charge >= 0.3 is 0 Å². The lowest BCUT2D eigenvalue weighted by atomic mass is 11.0. The summed E-state index contributed by atoms with van der Waals surface area (Å²) in [6.45, 7) is 72.0. The van der Waals surface area contributed by atoms with E-state index >= 15 is 0 Å². The molecule has 0 amide bonds. The lowest BCUT2D eigenvalue weighted by molar-refractivity contribution is 1.48. The summed E-state index contributed by atoms with van der Waals surface area (Å²) in [5.74, 6) is 0. The minimum atomic E-state index is 0. The number of nitrogens with two attached hydrogens (primary N) is 6. The summed E-state index contributed by atoms with van der Waals surface area (Å²) >= 11 is 0. The van der Waals surface area contributed by atoms with Crippen LogP contribution in [0.1, 0.15) is 249 Å². The van der Waals surface area contributed by atoms with E-state index in [1.807, 2.05) is 249 Å². The molecule has 0 bridgehead atoms. The Morgan fingerprint density at radius 3 is 0.0926 bits per heavy atom. The van der Waals surface area contributed by atoms with Gasteiger partial charge < -0.3 is 71.3 Å². The van der Waals surface area contributed by atoms with Crippen LogP contribution < -0.4 is 71.3 Å². The monoisotopic (exact) mass is 829 g/mol. The van der Waals surface area contributed by atoms with Crippen molar-refractivity contribution in [3.05, 3.63) is 0 Å². The summed E-state index contributed by atoms with van der Waals surface area (Å²) in [7, 11) is 9.00. The summed E-state index contributed by atoms with van der Waals surface area (Å²) in [5.41, 5.74) is 27.0. The number of rotatable bonds is 0. The lowest BCUT2D eigenvalue weighted by Gasteiger charge is -1.19. The lowest BCUT2D eigenvalue weighted by Crippen LogP contribution is -1.69. The Morgan fingerprint density at radius 2 is 0.0926 bits per heavy atom. The molecule has 54 heavy (non-hydrogen) atoms. The molecule has 0 aliphatic heterocycles. The van der Waals surface area contributed by atoms with Gasteiger partial charge in [0.05, 0.1) is 0 Å². The van der Waals surface area contributed by atoms with Gasteiger partial charge in [-0.05, 0) is 42.3 Å². The maximum absolute atomic E-state index is 4.50. The van der Waals surface area contributed by atoms with E-state index in [2.05, 4.69) is 34.4 Å². The Hall–Kier alpha value is -0.480. The molecule has 0 spiro atoms. The minimum absolute atomic E-state index is 0. The Bertz CT molecular complexity index is 41.3. The van der Waals surface area contributed by atoms with Gasteiger partial charge in [0, 0.05) is 0 Å². The standard InChI is InChI=1S/18C2H6.6CH5N.6H3N/c24*1-2;;;;;;/h18*1-2H3;6*2H2,1H3;6*1H3. The van der Waals surface area contributed by atoms with Gasteiger partial charge in [0.15, 0.2) is 0 Å². The molecule has 0 saturated carbocycles. The van der Waals surface area contributed by atoms with Crippen LogP contribution in [0.5, 0.6) is 0 Å². The molecular formula is C42H156N12. The molecule has 0 heterocycles. The molecule has 384 valence electrons. The van der Waals surface area contributed by atoms with Crippen molar-refractivity contribution in [2.24, 2.45) is 34.4 Å². The Morgan fingerprint density at radius 1 is 0.0926 bits per heavy atom. The Labute approximate surface area is 362 Å². The SMILES string of the molecule is CC.CC.CC.CC.CC.CC.CC.CC.CC.CC.CC.CC.CC.CC.CC.CC.CC.CC.CN.CN.CN.CN.CN.CN.N.N.N.N.N.N. The quantitative estimate of drug-likeness (QED) is 0.108. The first kappa shape index (κ1) is 267. The van der Waals surface area contributed by atoms with Crippen molar-refractivity contribution >= 4 is 0 Å². The topological polar surface area (TPSA) is 366 Å². The zero-order valence-electron chi connectivity index (χ0n) is 49.7. The first-order chi connectivity index (χ1) is 24.0. The molecule has 0 aromatic carbocycles. The molecule has 0 radical (unpaired) electrons. The van der Waals surface area contributed by atoms with Gasteiger partial charge in [-0.2, -0.15) is 0 Å². The predicted octanol–water partition coefficient (Wildman–Crippen LogP) is 16.9. The Balaban J connectivity index is -0.00000000396. The van der Waals surface area contributed by atoms with E-state index in [1.165, 1.54) is 42.3 Å². The van der Waals surface area contributed by atoms with Crippen molar-refractivity contribution in [3.8, 4) is 0 Å². The highest BCUT2D eigenvalue weighted by Gasteiger charge is 0.969. The van der Waals surface area contributed by atoms with E-state index < -0.39 is 0 Å². The van der Waals surface area contributed by atoms with Crippen LogP contribution in [0.4, 0.5) is 0 Å². The van der Waals surface area contributed by atoms with Gasteiger partial charge in [-0.3, -0.25) is 0 Å². The molecule has 0 aromatic rings. The normalized spacial score (nSPS) is 2.67. The maximum Gasteiger partial charge on any atom is -0.0195 e. The third-order valence-corrected chi connectivity index (χ3v) is 0. The smallest absolute Gasteiger partial charge is 0.0195 e. The van der Waals surface area contributed by atoms with Crippen LogP contribution in [-0.4, -0.2) is 42.3 Å². The maximum atomic E-state index is 4.50. The molecule has 0 atom stereocenters.